The van der Waals surface area contributed by atoms with E-state index in [0.29, 0.717) is 6.04 Å². The Hall–Kier alpha value is -1.02. The van der Waals surface area contributed by atoms with Crippen molar-refractivity contribution in [2.24, 2.45) is 5.73 Å². The van der Waals surface area contributed by atoms with Crippen LogP contribution in [0.2, 0.25) is 0 Å². The maximum Gasteiger partial charge on any atom is 0.0398 e. The van der Waals surface area contributed by atoms with E-state index in [9.17, 15) is 0 Å². The van der Waals surface area contributed by atoms with Gasteiger partial charge in [-0.2, -0.15) is 0 Å². The standard InChI is InChI=1S/C14H22N2/c1-11-5-6-14-13(10-11)4-3-8-16(14)9-7-12(2)15/h5-6,10,12H,3-4,7-9,15H2,1-2H3. The summed E-state index contributed by atoms with van der Waals surface area (Å²) in [4.78, 5) is 2.49. The summed E-state index contributed by atoms with van der Waals surface area (Å²) in [5, 5.41) is 0. The second-order valence-electron chi connectivity index (χ2n) is 4.99. The second-order valence-corrected chi connectivity index (χ2v) is 4.99. The highest BCUT2D eigenvalue weighted by atomic mass is 15.1. The molecule has 0 bridgehead atoms. The molecule has 2 N–H and O–H groups in total. The molecule has 0 aliphatic carbocycles. The normalized spacial score (nSPS) is 17.1. The van der Waals surface area contributed by atoms with Gasteiger partial charge in [-0.3, -0.25) is 0 Å². The second kappa shape index (κ2) is 4.88. The van der Waals surface area contributed by atoms with E-state index in [2.05, 4.69) is 36.9 Å². The lowest BCUT2D eigenvalue weighted by molar-refractivity contribution is 0.612. The highest BCUT2D eigenvalue weighted by Gasteiger charge is 2.16. The fraction of sp³-hybridized carbons (Fsp3) is 0.571. The lowest BCUT2D eigenvalue weighted by Gasteiger charge is -2.32. The molecule has 0 aromatic heterocycles. The van der Waals surface area contributed by atoms with Crippen LogP contribution < -0.4 is 10.6 Å². The molecule has 88 valence electrons. The van der Waals surface area contributed by atoms with Crippen LogP contribution in [-0.4, -0.2) is 19.1 Å². The molecular weight excluding hydrogens is 196 g/mol. The Morgan fingerprint density at radius 2 is 2.25 bits per heavy atom. The van der Waals surface area contributed by atoms with E-state index in [1.807, 2.05) is 0 Å². The maximum absolute atomic E-state index is 5.83. The third kappa shape index (κ3) is 2.56. The molecule has 0 radical (unpaired) electrons. The molecule has 1 aliphatic rings. The lowest BCUT2D eigenvalue weighted by atomic mass is 9.99. The first-order valence-corrected chi connectivity index (χ1v) is 6.27. The summed E-state index contributed by atoms with van der Waals surface area (Å²) in [6.07, 6.45) is 3.58. The number of rotatable bonds is 3. The molecule has 0 amide bonds. The average Bonchev–Trinajstić information content (AvgIpc) is 2.25. The van der Waals surface area contributed by atoms with Crippen LogP contribution >= 0.6 is 0 Å². The number of nitrogens with zero attached hydrogens (tertiary/aromatic N) is 1. The van der Waals surface area contributed by atoms with Gasteiger partial charge in [0.1, 0.15) is 0 Å². The molecule has 0 saturated heterocycles. The number of hydrogen-bond acceptors (Lipinski definition) is 2. The molecular formula is C14H22N2. The summed E-state index contributed by atoms with van der Waals surface area (Å²) in [6.45, 7) is 6.53. The Balaban J connectivity index is 2.13. The summed E-state index contributed by atoms with van der Waals surface area (Å²) >= 11 is 0. The minimum absolute atomic E-state index is 0.302. The zero-order chi connectivity index (χ0) is 11.5. The van der Waals surface area contributed by atoms with Gasteiger partial charge in [0.15, 0.2) is 0 Å². The van der Waals surface area contributed by atoms with Crippen LogP contribution in [0, 0.1) is 6.92 Å². The first kappa shape index (κ1) is 11.5. The molecule has 1 aromatic rings. The van der Waals surface area contributed by atoms with Gasteiger partial charge in [0.05, 0.1) is 0 Å². The quantitative estimate of drug-likeness (QED) is 0.844. The molecule has 1 heterocycles. The average molecular weight is 218 g/mol. The van der Waals surface area contributed by atoms with Crippen molar-refractivity contribution in [2.45, 2.75) is 39.2 Å². The highest BCUT2D eigenvalue weighted by Crippen LogP contribution is 2.27. The van der Waals surface area contributed by atoms with Gasteiger partial charge in [0.2, 0.25) is 0 Å². The first-order valence-electron chi connectivity index (χ1n) is 6.27. The number of anilines is 1. The van der Waals surface area contributed by atoms with Gasteiger partial charge in [0.25, 0.3) is 0 Å². The molecule has 0 fully saturated rings. The van der Waals surface area contributed by atoms with Crippen molar-refractivity contribution < 1.29 is 0 Å². The number of benzene rings is 1. The Morgan fingerprint density at radius 3 is 3.00 bits per heavy atom. The van der Waals surface area contributed by atoms with E-state index in [1.54, 1.807) is 0 Å². The largest absolute Gasteiger partial charge is 0.371 e. The third-order valence-electron chi connectivity index (χ3n) is 3.30. The van der Waals surface area contributed by atoms with Crippen molar-refractivity contribution in [3.8, 4) is 0 Å². The van der Waals surface area contributed by atoms with Gasteiger partial charge in [-0.25, -0.2) is 0 Å². The summed E-state index contributed by atoms with van der Waals surface area (Å²) in [5.41, 5.74) is 10.1. The lowest BCUT2D eigenvalue weighted by Crippen LogP contribution is -2.33. The Kier molecular flexibility index (Phi) is 3.49. The molecule has 2 rings (SSSR count). The van der Waals surface area contributed by atoms with E-state index in [4.69, 9.17) is 5.73 Å². The van der Waals surface area contributed by atoms with Crippen molar-refractivity contribution in [1.82, 2.24) is 0 Å². The van der Waals surface area contributed by atoms with Gasteiger partial charge in [-0.05, 0) is 44.7 Å². The summed E-state index contributed by atoms with van der Waals surface area (Å²) in [6, 6.07) is 7.11. The van der Waals surface area contributed by atoms with Gasteiger partial charge in [-0.1, -0.05) is 17.7 Å². The van der Waals surface area contributed by atoms with Crippen LogP contribution in [0.25, 0.3) is 0 Å². The van der Waals surface area contributed by atoms with E-state index in [-0.39, 0.29) is 0 Å². The zero-order valence-electron chi connectivity index (χ0n) is 10.4. The minimum Gasteiger partial charge on any atom is -0.371 e. The molecule has 1 aliphatic heterocycles. The van der Waals surface area contributed by atoms with Gasteiger partial charge < -0.3 is 10.6 Å². The van der Waals surface area contributed by atoms with Gasteiger partial charge in [-0.15, -0.1) is 0 Å². The maximum atomic E-state index is 5.83. The van der Waals surface area contributed by atoms with E-state index < -0.39 is 0 Å². The Labute approximate surface area is 98.4 Å². The Bertz CT molecular complexity index is 358. The molecule has 2 nitrogen and oxygen atoms in total. The first-order chi connectivity index (χ1) is 7.66. The zero-order valence-corrected chi connectivity index (χ0v) is 10.4. The number of nitrogens with two attached hydrogens (primary N) is 1. The third-order valence-corrected chi connectivity index (χ3v) is 3.30. The van der Waals surface area contributed by atoms with E-state index in [1.165, 1.54) is 36.2 Å². The molecule has 0 saturated carbocycles. The molecule has 1 atom stereocenters. The van der Waals surface area contributed by atoms with E-state index >= 15 is 0 Å². The van der Waals surface area contributed by atoms with Gasteiger partial charge >= 0.3 is 0 Å². The topological polar surface area (TPSA) is 29.3 Å². The van der Waals surface area contributed by atoms with Gasteiger partial charge in [0, 0.05) is 24.8 Å². The summed E-state index contributed by atoms with van der Waals surface area (Å²) in [7, 11) is 0. The minimum atomic E-state index is 0.302. The molecule has 1 aromatic carbocycles. The summed E-state index contributed by atoms with van der Waals surface area (Å²) < 4.78 is 0. The van der Waals surface area contributed by atoms with Crippen LogP contribution in [0.15, 0.2) is 18.2 Å². The predicted molar refractivity (Wildman–Crippen MR) is 70.0 cm³/mol. The number of hydrogen-bond donors (Lipinski definition) is 1. The van der Waals surface area contributed by atoms with Crippen LogP contribution in [0.3, 0.4) is 0 Å². The van der Waals surface area contributed by atoms with Crippen molar-refractivity contribution in [3.05, 3.63) is 29.3 Å². The van der Waals surface area contributed by atoms with Crippen LogP contribution in [0.4, 0.5) is 5.69 Å². The number of aryl methyl sites for hydroxylation is 2. The molecule has 0 spiro atoms. The van der Waals surface area contributed by atoms with Crippen molar-refractivity contribution in [3.63, 3.8) is 0 Å². The number of fused-ring (bicyclic) bond motifs is 1. The molecule has 1 unspecified atom stereocenters. The fourth-order valence-electron chi connectivity index (χ4n) is 2.40. The van der Waals surface area contributed by atoms with Crippen molar-refractivity contribution in [2.75, 3.05) is 18.0 Å². The molecule has 16 heavy (non-hydrogen) atoms. The predicted octanol–water partition coefficient (Wildman–Crippen LogP) is 2.48. The van der Waals surface area contributed by atoms with Crippen LogP contribution in [-0.2, 0) is 6.42 Å². The fourth-order valence-corrected chi connectivity index (χ4v) is 2.40. The monoisotopic (exact) mass is 218 g/mol. The Morgan fingerprint density at radius 1 is 1.44 bits per heavy atom. The van der Waals surface area contributed by atoms with Crippen LogP contribution in [0.1, 0.15) is 30.9 Å². The van der Waals surface area contributed by atoms with E-state index in [0.717, 1.165) is 13.0 Å². The van der Waals surface area contributed by atoms with Crippen molar-refractivity contribution in [1.29, 1.82) is 0 Å². The highest BCUT2D eigenvalue weighted by molar-refractivity contribution is 5.56. The van der Waals surface area contributed by atoms with Crippen LogP contribution in [0.5, 0.6) is 0 Å². The summed E-state index contributed by atoms with van der Waals surface area (Å²) in [5.74, 6) is 0. The smallest absolute Gasteiger partial charge is 0.0398 e. The molecule has 2 heteroatoms. The SMILES string of the molecule is Cc1ccc2c(c1)CCCN2CCC(C)N. The van der Waals surface area contributed by atoms with Crippen molar-refractivity contribution >= 4 is 5.69 Å².